The molecule has 3 rings (SSSR count). The van der Waals surface area contributed by atoms with Crippen LogP contribution in [0, 0.1) is 5.82 Å². The van der Waals surface area contributed by atoms with Crippen LogP contribution < -0.4 is 0 Å². The van der Waals surface area contributed by atoms with E-state index in [1.165, 1.54) is 29.2 Å². The first-order valence-corrected chi connectivity index (χ1v) is 10.1. The number of rotatable bonds is 9. The van der Waals surface area contributed by atoms with Crippen molar-refractivity contribution in [2.75, 3.05) is 20.3 Å². The van der Waals surface area contributed by atoms with Crippen LogP contribution in [-0.2, 0) is 24.0 Å². The van der Waals surface area contributed by atoms with Gasteiger partial charge in [-0.05, 0) is 54.4 Å². The second-order valence-electron chi connectivity index (χ2n) is 7.41. The maximum atomic E-state index is 13.5. The van der Waals surface area contributed by atoms with E-state index in [-0.39, 0.29) is 17.9 Å². The molecular weight excluding hydrogens is 424 g/mol. The molecule has 8 heteroatoms. The van der Waals surface area contributed by atoms with Crippen LogP contribution in [0.4, 0.5) is 17.6 Å². The van der Waals surface area contributed by atoms with Gasteiger partial charge in [0.05, 0.1) is 12.1 Å². The lowest BCUT2D eigenvalue weighted by Crippen LogP contribution is -2.33. The monoisotopic (exact) mass is 448 g/mol. The predicted octanol–water partition coefficient (Wildman–Crippen LogP) is 5.37. The van der Waals surface area contributed by atoms with E-state index in [0.29, 0.717) is 26.1 Å². The van der Waals surface area contributed by atoms with E-state index in [2.05, 4.69) is 0 Å². The minimum atomic E-state index is -4.53. The summed E-state index contributed by atoms with van der Waals surface area (Å²) in [5, 5.41) is 0. The van der Waals surface area contributed by atoms with E-state index >= 15 is 0 Å². The third-order valence-corrected chi connectivity index (χ3v) is 5.02. The molecule has 2 aromatic carbocycles. The molecule has 0 saturated heterocycles. The fourth-order valence-corrected chi connectivity index (χ4v) is 3.44. The highest BCUT2D eigenvalue weighted by Crippen LogP contribution is 2.30. The molecule has 0 spiro atoms. The molecule has 0 atom stereocenters. The number of alkyl halides is 3. The number of amides is 1. The summed E-state index contributed by atoms with van der Waals surface area (Å²) in [4.78, 5) is 14.6. The van der Waals surface area contributed by atoms with Crippen LogP contribution >= 0.6 is 0 Å². The van der Waals surface area contributed by atoms with E-state index in [1.807, 2.05) is 22.9 Å². The van der Waals surface area contributed by atoms with Gasteiger partial charge in [-0.15, -0.1) is 0 Å². The summed E-state index contributed by atoms with van der Waals surface area (Å²) in [6.45, 7) is 1.33. The van der Waals surface area contributed by atoms with Crippen molar-refractivity contribution in [3.05, 3.63) is 95.1 Å². The topological polar surface area (TPSA) is 34.5 Å². The molecule has 1 amide bonds. The summed E-state index contributed by atoms with van der Waals surface area (Å²) >= 11 is 0. The van der Waals surface area contributed by atoms with Crippen molar-refractivity contribution >= 4 is 5.91 Å². The van der Waals surface area contributed by atoms with Gasteiger partial charge in [0.1, 0.15) is 5.82 Å². The van der Waals surface area contributed by atoms with Crippen LogP contribution in [-0.4, -0.2) is 35.6 Å². The number of carbonyl (C=O) groups excluding carboxylic acids is 1. The van der Waals surface area contributed by atoms with Gasteiger partial charge in [-0.25, -0.2) is 4.39 Å². The second-order valence-corrected chi connectivity index (χ2v) is 7.41. The Morgan fingerprint density at radius 3 is 2.56 bits per heavy atom. The Balaban J connectivity index is 1.83. The highest BCUT2D eigenvalue weighted by Gasteiger charge is 2.31. The van der Waals surface area contributed by atoms with Crippen molar-refractivity contribution in [1.29, 1.82) is 0 Å². The number of nitrogens with zero attached hydrogens (tertiary/aromatic N) is 2. The van der Waals surface area contributed by atoms with E-state index in [0.717, 1.165) is 23.4 Å². The van der Waals surface area contributed by atoms with E-state index in [4.69, 9.17) is 4.74 Å². The predicted molar refractivity (Wildman–Crippen MR) is 113 cm³/mol. The molecule has 0 unspecified atom stereocenters. The molecule has 0 fully saturated rings. The third kappa shape index (κ3) is 6.20. The number of carbonyl (C=O) groups is 1. The summed E-state index contributed by atoms with van der Waals surface area (Å²) < 4.78 is 59.8. The fraction of sp³-hybridized carbons (Fsp3) is 0.292. The first kappa shape index (κ1) is 23.5. The van der Waals surface area contributed by atoms with Crippen LogP contribution in [0.15, 0.2) is 66.9 Å². The Morgan fingerprint density at radius 2 is 1.84 bits per heavy atom. The van der Waals surface area contributed by atoms with Crippen molar-refractivity contribution < 1.29 is 27.1 Å². The molecule has 0 radical (unpaired) electrons. The maximum Gasteiger partial charge on any atom is 0.416 e. The number of hydrogen-bond acceptors (Lipinski definition) is 2. The number of ether oxygens (including phenoxy) is 1. The molecule has 0 aliphatic heterocycles. The van der Waals surface area contributed by atoms with Gasteiger partial charge < -0.3 is 14.2 Å². The van der Waals surface area contributed by atoms with E-state index in [1.54, 1.807) is 19.2 Å². The van der Waals surface area contributed by atoms with Crippen molar-refractivity contribution in [3.63, 3.8) is 0 Å². The maximum absolute atomic E-state index is 13.5. The Labute approximate surface area is 184 Å². The molecule has 1 heterocycles. The standard InChI is InChI=1S/C24H24F4N2O2/c1-32-13-5-12-30(23(31)19-7-3-8-20(15-19)24(26,27)28)17-22-10-4-11-29(22)16-18-6-2-9-21(25)14-18/h2-4,6-11,14-15H,5,12-13,16-17H2,1H3. The number of methoxy groups -OCH3 is 1. The normalized spacial score (nSPS) is 11.5. The van der Waals surface area contributed by atoms with Crippen molar-refractivity contribution in [1.82, 2.24) is 9.47 Å². The third-order valence-electron chi connectivity index (χ3n) is 5.02. The molecule has 0 aliphatic rings. The highest BCUT2D eigenvalue weighted by atomic mass is 19.4. The molecule has 32 heavy (non-hydrogen) atoms. The summed E-state index contributed by atoms with van der Waals surface area (Å²) in [5.74, 6) is -0.831. The van der Waals surface area contributed by atoms with Gasteiger partial charge in [0.15, 0.2) is 0 Å². The smallest absolute Gasteiger partial charge is 0.385 e. The number of halogens is 4. The SMILES string of the molecule is COCCCN(Cc1cccn1Cc1cccc(F)c1)C(=O)c1cccc(C(F)(F)F)c1. The van der Waals surface area contributed by atoms with E-state index in [9.17, 15) is 22.4 Å². The van der Waals surface area contributed by atoms with E-state index < -0.39 is 17.6 Å². The molecule has 0 N–H and O–H groups in total. The Morgan fingerprint density at radius 1 is 1.06 bits per heavy atom. The largest absolute Gasteiger partial charge is 0.416 e. The minimum Gasteiger partial charge on any atom is -0.385 e. The Hall–Kier alpha value is -3.13. The lowest BCUT2D eigenvalue weighted by molar-refractivity contribution is -0.137. The summed E-state index contributed by atoms with van der Waals surface area (Å²) in [6.07, 6.45) is -2.18. The van der Waals surface area contributed by atoms with Crippen molar-refractivity contribution in [3.8, 4) is 0 Å². The molecule has 4 nitrogen and oxygen atoms in total. The van der Waals surface area contributed by atoms with Gasteiger partial charge >= 0.3 is 6.18 Å². The van der Waals surface area contributed by atoms with Crippen molar-refractivity contribution in [2.24, 2.45) is 0 Å². The van der Waals surface area contributed by atoms with Gasteiger partial charge in [0, 0.05) is 44.3 Å². The summed E-state index contributed by atoms with van der Waals surface area (Å²) in [5.41, 5.74) is 0.653. The minimum absolute atomic E-state index is 0.0273. The van der Waals surface area contributed by atoms with Gasteiger partial charge in [0.2, 0.25) is 0 Å². The molecule has 0 saturated carbocycles. The highest BCUT2D eigenvalue weighted by molar-refractivity contribution is 5.94. The second kappa shape index (κ2) is 10.5. The molecule has 170 valence electrons. The quantitative estimate of drug-likeness (QED) is 0.326. The number of aromatic nitrogens is 1. The number of hydrogen-bond donors (Lipinski definition) is 0. The molecule has 0 bridgehead atoms. The summed E-state index contributed by atoms with van der Waals surface area (Å²) in [7, 11) is 1.54. The number of benzene rings is 2. The van der Waals surface area contributed by atoms with Gasteiger partial charge in [0.25, 0.3) is 5.91 Å². The zero-order valence-corrected chi connectivity index (χ0v) is 17.6. The zero-order valence-electron chi connectivity index (χ0n) is 17.6. The lowest BCUT2D eigenvalue weighted by Gasteiger charge is -2.24. The van der Waals surface area contributed by atoms with Gasteiger partial charge in [-0.2, -0.15) is 13.2 Å². The van der Waals surface area contributed by atoms with Crippen LogP contribution in [0.5, 0.6) is 0 Å². The molecule has 0 aliphatic carbocycles. The van der Waals surface area contributed by atoms with Crippen molar-refractivity contribution in [2.45, 2.75) is 25.7 Å². The first-order chi connectivity index (χ1) is 15.3. The molecule has 3 aromatic rings. The van der Waals surface area contributed by atoms with Gasteiger partial charge in [-0.3, -0.25) is 4.79 Å². The van der Waals surface area contributed by atoms with Crippen LogP contribution in [0.25, 0.3) is 0 Å². The lowest BCUT2D eigenvalue weighted by atomic mass is 10.1. The average Bonchev–Trinajstić information content (AvgIpc) is 3.18. The van der Waals surface area contributed by atoms with Gasteiger partial charge in [-0.1, -0.05) is 18.2 Å². The fourth-order valence-electron chi connectivity index (χ4n) is 3.44. The first-order valence-electron chi connectivity index (χ1n) is 10.1. The average molecular weight is 448 g/mol. The molecular formula is C24H24F4N2O2. The van der Waals surface area contributed by atoms with Crippen LogP contribution in [0.3, 0.4) is 0 Å². The molecule has 1 aromatic heterocycles. The van der Waals surface area contributed by atoms with Crippen LogP contribution in [0.2, 0.25) is 0 Å². The Bertz CT molecular complexity index is 1050. The Kier molecular flexibility index (Phi) is 7.69. The zero-order chi connectivity index (χ0) is 23.1. The summed E-state index contributed by atoms with van der Waals surface area (Å²) in [6, 6.07) is 14.3. The van der Waals surface area contributed by atoms with Crippen LogP contribution in [0.1, 0.15) is 33.6 Å².